The summed E-state index contributed by atoms with van der Waals surface area (Å²) in [6.07, 6.45) is -1.64. The number of benzene rings is 1. The number of aromatic amines is 1. The van der Waals surface area contributed by atoms with Crippen molar-refractivity contribution in [1.82, 2.24) is 15.3 Å². The van der Waals surface area contributed by atoms with E-state index in [1.165, 1.54) is 0 Å². The van der Waals surface area contributed by atoms with Crippen LogP contribution in [0.4, 0.5) is 13.2 Å². The molecule has 1 aromatic carbocycles. The Hall–Kier alpha value is -2.29. The number of aryl methyl sites for hydroxylation is 1. The molecule has 0 fully saturated rings. The zero-order valence-electron chi connectivity index (χ0n) is 18.0. The Morgan fingerprint density at radius 1 is 1.28 bits per heavy atom. The summed E-state index contributed by atoms with van der Waals surface area (Å²) in [6.45, 7) is 5.38. The third-order valence-corrected chi connectivity index (χ3v) is 6.38. The van der Waals surface area contributed by atoms with Crippen LogP contribution in [0.2, 0.25) is 5.02 Å². The van der Waals surface area contributed by atoms with Crippen molar-refractivity contribution >= 4 is 22.5 Å². The van der Waals surface area contributed by atoms with Gasteiger partial charge >= 0.3 is 6.18 Å². The quantitative estimate of drug-likeness (QED) is 0.437. The summed E-state index contributed by atoms with van der Waals surface area (Å²) in [5, 5.41) is 14.5. The number of ether oxygens (including phenoxy) is 1. The molecule has 3 aromatic rings. The minimum Gasteiger partial charge on any atom is -0.493 e. The van der Waals surface area contributed by atoms with Crippen molar-refractivity contribution in [3.8, 4) is 5.75 Å². The van der Waals surface area contributed by atoms with E-state index in [9.17, 15) is 18.3 Å². The summed E-state index contributed by atoms with van der Waals surface area (Å²) in [5.41, 5.74) is -0.715. The number of nitrogens with one attached hydrogen (secondary N) is 2. The summed E-state index contributed by atoms with van der Waals surface area (Å²) < 4.78 is 48.1. The molecule has 0 spiro atoms. The minimum absolute atomic E-state index is 0.198. The van der Waals surface area contributed by atoms with E-state index in [4.69, 9.17) is 16.3 Å². The summed E-state index contributed by atoms with van der Waals surface area (Å²) in [4.78, 5) is 7.11. The zero-order chi connectivity index (χ0) is 23.3. The van der Waals surface area contributed by atoms with E-state index in [1.807, 2.05) is 6.92 Å². The van der Waals surface area contributed by atoms with Crippen LogP contribution in [-0.4, -0.2) is 33.6 Å². The Labute approximate surface area is 189 Å². The van der Waals surface area contributed by atoms with Crippen LogP contribution in [0.15, 0.2) is 30.6 Å². The fraction of sp³-hybridized carbons (Fsp3) is 0.435. The largest absolute Gasteiger partial charge is 0.493 e. The number of H-pyrrole nitrogens is 1. The number of fused-ring (bicyclic) bond motifs is 2. The number of nitrogens with zero attached hydrogens (tertiary/aromatic N) is 1. The lowest BCUT2D eigenvalue weighted by Gasteiger charge is -2.39. The van der Waals surface area contributed by atoms with Gasteiger partial charge < -0.3 is 14.8 Å². The van der Waals surface area contributed by atoms with Crippen LogP contribution < -0.4 is 10.1 Å². The first-order valence-corrected chi connectivity index (χ1v) is 10.7. The van der Waals surface area contributed by atoms with E-state index in [0.717, 1.165) is 22.0 Å². The lowest BCUT2D eigenvalue weighted by atomic mass is 9.76. The summed E-state index contributed by atoms with van der Waals surface area (Å²) in [5.74, 6) is 0.558. The van der Waals surface area contributed by atoms with Gasteiger partial charge in [0.05, 0.1) is 18.3 Å². The SMILES string of the molecule is Cc1c(CNC(O)(CC(C)(C)c2cc(Cl)cc3c2OCC3)C(F)(F)F)[nH]c2cnccc12. The second-order valence-corrected chi connectivity index (χ2v) is 9.40. The maximum Gasteiger partial charge on any atom is 0.431 e. The second-order valence-electron chi connectivity index (χ2n) is 8.96. The van der Waals surface area contributed by atoms with Gasteiger partial charge in [-0.05, 0) is 41.7 Å². The number of hydrogen-bond acceptors (Lipinski definition) is 4. The fourth-order valence-corrected chi connectivity index (χ4v) is 4.66. The molecule has 1 unspecified atom stereocenters. The Morgan fingerprint density at radius 3 is 2.72 bits per heavy atom. The molecule has 4 rings (SSSR count). The van der Waals surface area contributed by atoms with E-state index < -0.39 is 23.7 Å². The van der Waals surface area contributed by atoms with Gasteiger partial charge in [-0.25, -0.2) is 0 Å². The maximum atomic E-state index is 14.1. The van der Waals surface area contributed by atoms with Crippen LogP contribution >= 0.6 is 11.6 Å². The molecule has 172 valence electrons. The van der Waals surface area contributed by atoms with Gasteiger partial charge in [0.15, 0.2) is 0 Å². The number of aliphatic hydroxyl groups is 1. The van der Waals surface area contributed by atoms with Gasteiger partial charge in [0, 0.05) is 47.2 Å². The first-order chi connectivity index (χ1) is 14.9. The predicted octanol–water partition coefficient (Wildman–Crippen LogP) is 5.17. The van der Waals surface area contributed by atoms with Gasteiger partial charge in [-0.15, -0.1) is 0 Å². The molecule has 9 heteroatoms. The van der Waals surface area contributed by atoms with Crippen LogP contribution in [0.25, 0.3) is 10.9 Å². The zero-order valence-corrected chi connectivity index (χ0v) is 18.8. The van der Waals surface area contributed by atoms with Gasteiger partial charge in [0.25, 0.3) is 0 Å². The molecule has 3 N–H and O–H groups in total. The van der Waals surface area contributed by atoms with Gasteiger partial charge in [-0.3, -0.25) is 10.3 Å². The van der Waals surface area contributed by atoms with Gasteiger partial charge in [-0.1, -0.05) is 25.4 Å². The van der Waals surface area contributed by atoms with Crippen molar-refractivity contribution in [2.75, 3.05) is 6.61 Å². The molecule has 1 atom stereocenters. The molecule has 0 saturated heterocycles. The van der Waals surface area contributed by atoms with Crippen LogP contribution in [0, 0.1) is 6.92 Å². The van der Waals surface area contributed by atoms with Crippen LogP contribution in [0.3, 0.4) is 0 Å². The van der Waals surface area contributed by atoms with Gasteiger partial charge in [0.2, 0.25) is 5.72 Å². The molecule has 0 saturated carbocycles. The highest BCUT2D eigenvalue weighted by Crippen LogP contribution is 2.45. The number of halogens is 4. The smallest absolute Gasteiger partial charge is 0.431 e. The number of hydrogen-bond donors (Lipinski definition) is 3. The molecule has 0 aliphatic carbocycles. The van der Waals surface area contributed by atoms with Gasteiger partial charge in [0.1, 0.15) is 5.75 Å². The topological polar surface area (TPSA) is 70.2 Å². The van der Waals surface area contributed by atoms with Crippen molar-refractivity contribution in [3.05, 3.63) is 58.0 Å². The highest BCUT2D eigenvalue weighted by atomic mass is 35.5. The number of rotatable bonds is 6. The Bertz CT molecular complexity index is 1160. The molecule has 5 nitrogen and oxygen atoms in total. The molecule has 0 amide bonds. The van der Waals surface area contributed by atoms with E-state index in [-0.39, 0.29) is 6.54 Å². The number of alkyl halides is 3. The summed E-state index contributed by atoms with van der Waals surface area (Å²) in [6, 6.07) is 5.19. The lowest BCUT2D eigenvalue weighted by molar-refractivity contribution is -0.280. The highest BCUT2D eigenvalue weighted by molar-refractivity contribution is 6.30. The molecule has 1 aliphatic rings. The van der Waals surface area contributed by atoms with E-state index in [2.05, 4.69) is 15.3 Å². The molecule has 1 aliphatic heterocycles. The second kappa shape index (κ2) is 7.93. The molecular weight excluding hydrogens is 443 g/mol. The molecular formula is C23H25ClF3N3O2. The lowest BCUT2D eigenvalue weighted by Crippen LogP contribution is -2.59. The van der Waals surface area contributed by atoms with Gasteiger partial charge in [-0.2, -0.15) is 13.2 Å². The molecule has 2 aromatic heterocycles. The van der Waals surface area contributed by atoms with Crippen LogP contribution in [0.5, 0.6) is 5.75 Å². The fourth-order valence-electron chi connectivity index (χ4n) is 4.42. The average Bonchev–Trinajstić information content (AvgIpc) is 3.29. The Balaban J connectivity index is 1.64. The van der Waals surface area contributed by atoms with Crippen molar-refractivity contribution in [2.24, 2.45) is 0 Å². The maximum absolute atomic E-state index is 14.1. The molecule has 3 heterocycles. The van der Waals surface area contributed by atoms with Crippen molar-refractivity contribution in [2.45, 2.75) is 57.5 Å². The monoisotopic (exact) mass is 467 g/mol. The Morgan fingerprint density at radius 2 is 2.03 bits per heavy atom. The number of aromatic nitrogens is 2. The Kier molecular flexibility index (Phi) is 5.68. The summed E-state index contributed by atoms with van der Waals surface area (Å²) in [7, 11) is 0. The van der Waals surface area contributed by atoms with Crippen molar-refractivity contribution in [3.63, 3.8) is 0 Å². The van der Waals surface area contributed by atoms with Crippen molar-refractivity contribution in [1.29, 1.82) is 0 Å². The van der Waals surface area contributed by atoms with Crippen molar-refractivity contribution < 1.29 is 23.0 Å². The minimum atomic E-state index is -4.91. The average molecular weight is 468 g/mol. The predicted molar refractivity (Wildman–Crippen MR) is 117 cm³/mol. The summed E-state index contributed by atoms with van der Waals surface area (Å²) >= 11 is 6.23. The standard InChI is InChI=1S/C23H25ClF3N3O2/c1-13-16-4-6-28-10-19(16)30-18(13)11-29-22(31,23(25,26)27)12-21(2,3)17-9-15(24)8-14-5-7-32-20(14)17/h4,6,8-10,29-31H,5,7,11-12H2,1-3H3. The first kappa shape index (κ1) is 22.9. The van der Waals surface area contributed by atoms with E-state index >= 15 is 0 Å². The third-order valence-electron chi connectivity index (χ3n) is 6.17. The first-order valence-electron chi connectivity index (χ1n) is 10.3. The number of pyridine rings is 1. The molecule has 0 radical (unpaired) electrons. The third kappa shape index (κ3) is 4.07. The van der Waals surface area contributed by atoms with E-state index in [0.29, 0.717) is 35.1 Å². The van der Waals surface area contributed by atoms with Crippen LogP contribution in [-0.2, 0) is 18.4 Å². The molecule has 32 heavy (non-hydrogen) atoms. The highest BCUT2D eigenvalue weighted by Gasteiger charge is 2.56. The normalized spacial score (nSPS) is 16.1. The van der Waals surface area contributed by atoms with E-state index in [1.54, 1.807) is 44.4 Å². The van der Waals surface area contributed by atoms with Crippen LogP contribution in [0.1, 0.15) is 42.7 Å². The molecule has 0 bridgehead atoms.